The number of ether oxygens (including phenoxy) is 1. The van der Waals surface area contributed by atoms with Crippen LogP contribution in [-0.2, 0) is 4.79 Å². The molecule has 1 unspecified atom stereocenters. The predicted molar refractivity (Wildman–Crippen MR) is 84.5 cm³/mol. The summed E-state index contributed by atoms with van der Waals surface area (Å²) in [5.74, 6) is 1.26. The second-order valence-electron chi connectivity index (χ2n) is 5.59. The van der Waals surface area contributed by atoms with Crippen molar-refractivity contribution in [3.05, 3.63) is 24.5 Å². The van der Waals surface area contributed by atoms with E-state index in [9.17, 15) is 4.79 Å². The number of carbonyl (C=O) groups excluding carboxylic acids is 1. The zero-order chi connectivity index (χ0) is 16.1. The topological polar surface area (TPSA) is 94.0 Å². The molecule has 2 heterocycles. The van der Waals surface area contributed by atoms with Crippen LogP contribution in [0.1, 0.15) is 19.3 Å². The molecule has 1 atom stereocenters. The molecular formula is C15H20N6O2. The van der Waals surface area contributed by atoms with Gasteiger partial charge in [-0.1, -0.05) is 0 Å². The van der Waals surface area contributed by atoms with Crippen LogP contribution in [0, 0.1) is 5.92 Å². The highest BCUT2D eigenvalue weighted by atomic mass is 16.5. The van der Waals surface area contributed by atoms with Gasteiger partial charge in [-0.2, -0.15) is 4.68 Å². The summed E-state index contributed by atoms with van der Waals surface area (Å²) in [4.78, 5) is 12.1. The molecule has 0 saturated carbocycles. The van der Waals surface area contributed by atoms with Crippen molar-refractivity contribution in [2.24, 2.45) is 5.92 Å². The molecule has 1 aliphatic heterocycles. The van der Waals surface area contributed by atoms with Crippen LogP contribution in [0.15, 0.2) is 24.5 Å². The molecular weight excluding hydrogens is 296 g/mol. The number of hydrogen-bond acceptors (Lipinski definition) is 6. The van der Waals surface area contributed by atoms with Gasteiger partial charge in [0.1, 0.15) is 17.8 Å². The van der Waals surface area contributed by atoms with E-state index < -0.39 is 0 Å². The second-order valence-corrected chi connectivity index (χ2v) is 5.59. The van der Waals surface area contributed by atoms with Crippen molar-refractivity contribution >= 4 is 11.6 Å². The number of anilines is 1. The Balaban J connectivity index is 1.65. The lowest BCUT2D eigenvalue weighted by Crippen LogP contribution is -2.15. The normalized spacial score (nSPS) is 17.2. The van der Waals surface area contributed by atoms with Crippen LogP contribution in [0.2, 0.25) is 0 Å². The Labute approximate surface area is 134 Å². The standard InChI is InChI=1S/C15H20N6O2/c1-23-14-4-3-12(8-13(14)21-10-17-19-20-21)18-15(22)5-2-11-6-7-16-9-11/h3-4,8,10-11,16H,2,5-7,9H2,1H3,(H,18,22). The van der Waals surface area contributed by atoms with Gasteiger partial charge in [0.15, 0.2) is 0 Å². The van der Waals surface area contributed by atoms with Crippen LogP contribution in [0.25, 0.3) is 5.69 Å². The Morgan fingerprint density at radius 2 is 2.43 bits per heavy atom. The van der Waals surface area contributed by atoms with E-state index >= 15 is 0 Å². The van der Waals surface area contributed by atoms with Gasteiger partial charge in [0.25, 0.3) is 0 Å². The molecule has 1 aromatic heterocycles. The maximum absolute atomic E-state index is 12.1. The van der Waals surface area contributed by atoms with E-state index in [0.717, 1.165) is 25.9 Å². The van der Waals surface area contributed by atoms with Crippen molar-refractivity contribution in [2.45, 2.75) is 19.3 Å². The first-order chi connectivity index (χ1) is 11.3. The number of methoxy groups -OCH3 is 1. The minimum absolute atomic E-state index is 0.0183. The fourth-order valence-electron chi connectivity index (χ4n) is 2.74. The maximum Gasteiger partial charge on any atom is 0.224 e. The SMILES string of the molecule is COc1ccc(NC(=O)CCC2CCNC2)cc1-n1cnnn1. The van der Waals surface area contributed by atoms with E-state index in [-0.39, 0.29) is 5.91 Å². The Bertz CT molecular complexity index is 652. The van der Waals surface area contributed by atoms with Gasteiger partial charge < -0.3 is 15.4 Å². The number of benzene rings is 1. The smallest absolute Gasteiger partial charge is 0.224 e. The van der Waals surface area contributed by atoms with Crippen LogP contribution < -0.4 is 15.4 Å². The lowest BCUT2D eigenvalue weighted by Gasteiger charge is -2.12. The molecule has 3 rings (SSSR count). The van der Waals surface area contributed by atoms with E-state index in [1.54, 1.807) is 19.2 Å². The number of amides is 1. The van der Waals surface area contributed by atoms with Crippen molar-refractivity contribution < 1.29 is 9.53 Å². The molecule has 0 aliphatic carbocycles. The molecule has 1 amide bonds. The lowest BCUT2D eigenvalue weighted by atomic mass is 10.0. The lowest BCUT2D eigenvalue weighted by molar-refractivity contribution is -0.116. The van der Waals surface area contributed by atoms with E-state index in [1.807, 2.05) is 6.07 Å². The number of rotatable bonds is 6. The summed E-state index contributed by atoms with van der Waals surface area (Å²) in [5.41, 5.74) is 1.38. The summed E-state index contributed by atoms with van der Waals surface area (Å²) in [7, 11) is 1.58. The largest absolute Gasteiger partial charge is 0.494 e. The van der Waals surface area contributed by atoms with Crippen molar-refractivity contribution in [3.63, 3.8) is 0 Å². The fraction of sp³-hybridized carbons (Fsp3) is 0.467. The number of tetrazole rings is 1. The molecule has 0 bridgehead atoms. The number of nitrogens with zero attached hydrogens (tertiary/aromatic N) is 4. The zero-order valence-electron chi connectivity index (χ0n) is 13.0. The third-order valence-electron chi connectivity index (χ3n) is 4.00. The Kier molecular flexibility index (Phi) is 4.82. The summed E-state index contributed by atoms with van der Waals surface area (Å²) in [6, 6.07) is 5.39. The van der Waals surface area contributed by atoms with Gasteiger partial charge in [-0.05, 0) is 60.5 Å². The molecule has 122 valence electrons. The first-order valence-corrected chi connectivity index (χ1v) is 7.68. The minimum atomic E-state index is 0.0183. The van der Waals surface area contributed by atoms with Crippen molar-refractivity contribution in [1.29, 1.82) is 0 Å². The van der Waals surface area contributed by atoms with Gasteiger partial charge in [-0.3, -0.25) is 4.79 Å². The van der Waals surface area contributed by atoms with Gasteiger partial charge >= 0.3 is 0 Å². The Morgan fingerprint density at radius 1 is 1.52 bits per heavy atom. The van der Waals surface area contributed by atoms with Gasteiger partial charge in [0, 0.05) is 12.1 Å². The quantitative estimate of drug-likeness (QED) is 0.826. The molecule has 8 heteroatoms. The molecule has 1 saturated heterocycles. The first kappa shape index (κ1) is 15.4. The summed E-state index contributed by atoms with van der Waals surface area (Å²) in [5, 5.41) is 17.3. The van der Waals surface area contributed by atoms with Gasteiger partial charge in [0.05, 0.1) is 7.11 Å². The van der Waals surface area contributed by atoms with Gasteiger partial charge in [-0.25, -0.2) is 0 Å². The molecule has 23 heavy (non-hydrogen) atoms. The molecule has 1 fully saturated rings. The molecule has 2 aromatic rings. The molecule has 8 nitrogen and oxygen atoms in total. The predicted octanol–water partition coefficient (Wildman–Crippen LogP) is 0.999. The van der Waals surface area contributed by atoms with Crippen LogP contribution in [0.3, 0.4) is 0 Å². The van der Waals surface area contributed by atoms with E-state index in [2.05, 4.69) is 26.2 Å². The maximum atomic E-state index is 12.1. The molecule has 0 radical (unpaired) electrons. The zero-order valence-corrected chi connectivity index (χ0v) is 13.0. The average Bonchev–Trinajstić information content (AvgIpc) is 3.26. The molecule has 1 aliphatic rings. The third-order valence-corrected chi connectivity index (χ3v) is 4.00. The fourth-order valence-corrected chi connectivity index (χ4v) is 2.74. The summed E-state index contributed by atoms with van der Waals surface area (Å²) in [6.45, 7) is 2.07. The first-order valence-electron chi connectivity index (χ1n) is 7.68. The average molecular weight is 316 g/mol. The molecule has 2 N–H and O–H groups in total. The summed E-state index contributed by atoms with van der Waals surface area (Å²) >= 11 is 0. The van der Waals surface area contributed by atoms with Crippen LogP contribution in [-0.4, -0.2) is 46.3 Å². The van der Waals surface area contributed by atoms with Crippen LogP contribution in [0.4, 0.5) is 5.69 Å². The third kappa shape index (κ3) is 3.84. The Morgan fingerprint density at radius 3 is 3.13 bits per heavy atom. The molecule has 0 spiro atoms. The second kappa shape index (κ2) is 7.19. The molecule has 1 aromatic carbocycles. The summed E-state index contributed by atoms with van der Waals surface area (Å²) in [6.07, 6.45) is 4.07. The van der Waals surface area contributed by atoms with E-state index in [1.165, 1.54) is 11.0 Å². The highest BCUT2D eigenvalue weighted by Gasteiger charge is 2.16. The number of aromatic nitrogens is 4. The van der Waals surface area contributed by atoms with Gasteiger partial charge in [-0.15, -0.1) is 5.10 Å². The minimum Gasteiger partial charge on any atom is -0.494 e. The number of carbonyl (C=O) groups is 1. The van der Waals surface area contributed by atoms with Gasteiger partial charge in [0.2, 0.25) is 5.91 Å². The van der Waals surface area contributed by atoms with Crippen LogP contribution in [0.5, 0.6) is 5.75 Å². The number of nitrogens with one attached hydrogen (secondary N) is 2. The van der Waals surface area contributed by atoms with Crippen molar-refractivity contribution in [1.82, 2.24) is 25.5 Å². The number of hydrogen-bond donors (Lipinski definition) is 2. The highest BCUT2D eigenvalue weighted by Crippen LogP contribution is 2.25. The summed E-state index contributed by atoms with van der Waals surface area (Å²) < 4.78 is 6.81. The van der Waals surface area contributed by atoms with Crippen molar-refractivity contribution in [2.75, 3.05) is 25.5 Å². The van der Waals surface area contributed by atoms with E-state index in [0.29, 0.717) is 29.5 Å². The monoisotopic (exact) mass is 316 g/mol. The van der Waals surface area contributed by atoms with E-state index in [4.69, 9.17) is 4.74 Å². The highest BCUT2D eigenvalue weighted by molar-refractivity contribution is 5.91. The van der Waals surface area contributed by atoms with Crippen LogP contribution >= 0.6 is 0 Å². The Hall–Kier alpha value is -2.48. The van der Waals surface area contributed by atoms with Crippen molar-refractivity contribution in [3.8, 4) is 11.4 Å².